The first-order valence-electron chi connectivity index (χ1n) is 6.66. The third-order valence-electron chi connectivity index (χ3n) is 3.54. The van der Waals surface area contributed by atoms with Gasteiger partial charge in [0, 0.05) is 23.2 Å². The van der Waals surface area contributed by atoms with Gasteiger partial charge in [0.25, 0.3) is 0 Å². The second-order valence-electron chi connectivity index (χ2n) is 4.94. The number of ether oxygens (including phenoxy) is 1. The molecule has 1 aromatic rings. The predicted octanol–water partition coefficient (Wildman–Crippen LogP) is 1.26. The molecule has 114 valence electrons. The van der Waals surface area contributed by atoms with Gasteiger partial charge in [-0.1, -0.05) is 0 Å². The van der Waals surface area contributed by atoms with Crippen molar-refractivity contribution in [1.29, 1.82) is 5.26 Å². The van der Waals surface area contributed by atoms with Crippen LogP contribution in [-0.4, -0.2) is 42.1 Å². The van der Waals surface area contributed by atoms with E-state index in [1.54, 1.807) is 0 Å². The Bertz CT molecular complexity index is 661. The summed E-state index contributed by atoms with van der Waals surface area (Å²) in [5.74, 6) is -0.0462. The molecule has 3 unspecified atom stereocenters. The van der Waals surface area contributed by atoms with Crippen LogP contribution in [0.5, 0.6) is 0 Å². The normalized spacial score (nSPS) is 23.6. The molecule has 1 aromatic carbocycles. The molecule has 0 aromatic heterocycles. The summed E-state index contributed by atoms with van der Waals surface area (Å²) in [6.45, 7) is 2.45. The number of sulfone groups is 1. The molecule has 1 aliphatic heterocycles. The fourth-order valence-corrected chi connectivity index (χ4v) is 5.74. The molecule has 7 heteroatoms. The Balaban J connectivity index is 2.00. The number of rotatable bonds is 5. The maximum absolute atomic E-state index is 12.2. The van der Waals surface area contributed by atoms with Gasteiger partial charge >= 0.3 is 0 Å². The van der Waals surface area contributed by atoms with Crippen molar-refractivity contribution in [2.45, 2.75) is 29.6 Å². The quantitative estimate of drug-likeness (QED) is 0.813. The van der Waals surface area contributed by atoms with Gasteiger partial charge in [-0.2, -0.15) is 5.26 Å². The average molecular weight is 327 g/mol. The van der Waals surface area contributed by atoms with Crippen LogP contribution in [0.2, 0.25) is 0 Å². The van der Waals surface area contributed by atoms with Crippen LogP contribution in [0, 0.1) is 11.3 Å². The van der Waals surface area contributed by atoms with Crippen LogP contribution >= 0.6 is 0 Å². The van der Waals surface area contributed by atoms with E-state index < -0.39 is 20.6 Å². The van der Waals surface area contributed by atoms with Gasteiger partial charge in [-0.3, -0.25) is 4.21 Å². The summed E-state index contributed by atoms with van der Waals surface area (Å²) in [5.41, 5.74) is 0.412. The van der Waals surface area contributed by atoms with Crippen molar-refractivity contribution in [3.63, 3.8) is 0 Å². The summed E-state index contributed by atoms with van der Waals surface area (Å²) in [4.78, 5) is 0.161. The van der Waals surface area contributed by atoms with Crippen molar-refractivity contribution in [3.8, 4) is 6.07 Å². The zero-order chi connectivity index (χ0) is 15.5. The SMILES string of the molecule is CC1OCCC1S(=O)CCS(=O)(=O)c1ccc(C#N)cc1. The minimum absolute atomic E-state index is 0.0801. The van der Waals surface area contributed by atoms with E-state index in [9.17, 15) is 12.6 Å². The van der Waals surface area contributed by atoms with Gasteiger partial charge in [0.2, 0.25) is 0 Å². The Hall–Kier alpha value is -1.23. The molecule has 0 saturated carbocycles. The summed E-state index contributed by atoms with van der Waals surface area (Å²) in [6.07, 6.45) is 0.633. The number of hydrogen-bond acceptors (Lipinski definition) is 5. The lowest BCUT2D eigenvalue weighted by Gasteiger charge is -2.13. The van der Waals surface area contributed by atoms with Crippen molar-refractivity contribution < 1.29 is 17.4 Å². The van der Waals surface area contributed by atoms with Gasteiger partial charge in [-0.15, -0.1) is 0 Å². The molecule has 2 rings (SSSR count). The maximum atomic E-state index is 12.2. The summed E-state index contributed by atoms with van der Waals surface area (Å²) >= 11 is 0. The molecule has 0 N–H and O–H groups in total. The Labute approximate surface area is 127 Å². The molecule has 5 nitrogen and oxygen atoms in total. The van der Waals surface area contributed by atoms with E-state index in [-0.39, 0.29) is 27.8 Å². The molecular weight excluding hydrogens is 310 g/mol. The molecule has 0 spiro atoms. The lowest BCUT2D eigenvalue weighted by atomic mass is 10.2. The van der Waals surface area contributed by atoms with Gasteiger partial charge in [-0.25, -0.2) is 8.42 Å². The van der Waals surface area contributed by atoms with Gasteiger partial charge in [0.1, 0.15) is 0 Å². The molecule has 0 radical (unpaired) electrons. The highest BCUT2D eigenvalue weighted by Crippen LogP contribution is 2.20. The average Bonchev–Trinajstić information content (AvgIpc) is 2.91. The number of benzene rings is 1. The zero-order valence-electron chi connectivity index (χ0n) is 11.7. The molecule has 1 saturated heterocycles. The van der Waals surface area contributed by atoms with E-state index in [1.165, 1.54) is 24.3 Å². The Kier molecular flexibility index (Phi) is 5.14. The topological polar surface area (TPSA) is 84.2 Å². The van der Waals surface area contributed by atoms with Crippen LogP contribution in [-0.2, 0) is 25.4 Å². The molecule has 0 amide bonds. The van der Waals surface area contributed by atoms with Gasteiger partial charge in [-0.05, 0) is 37.6 Å². The van der Waals surface area contributed by atoms with E-state index in [1.807, 2.05) is 13.0 Å². The minimum atomic E-state index is -3.47. The van der Waals surface area contributed by atoms with Crippen LogP contribution < -0.4 is 0 Å². The number of nitrogens with zero attached hydrogens (tertiary/aromatic N) is 1. The van der Waals surface area contributed by atoms with Gasteiger partial charge < -0.3 is 4.74 Å². The molecule has 21 heavy (non-hydrogen) atoms. The van der Waals surface area contributed by atoms with Crippen molar-refractivity contribution >= 4 is 20.6 Å². The maximum Gasteiger partial charge on any atom is 0.179 e. The van der Waals surface area contributed by atoms with E-state index >= 15 is 0 Å². The minimum Gasteiger partial charge on any atom is -0.377 e. The van der Waals surface area contributed by atoms with Crippen LogP contribution in [0.4, 0.5) is 0 Å². The zero-order valence-corrected chi connectivity index (χ0v) is 13.3. The third kappa shape index (κ3) is 3.90. The summed E-state index contributed by atoms with van der Waals surface area (Å²) in [6, 6.07) is 7.71. The Morgan fingerprint density at radius 2 is 2.05 bits per heavy atom. The Morgan fingerprint density at radius 1 is 1.38 bits per heavy atom. The van der Waals surface area contributed by atoms with Crippen LogP contribution in [0.15, 0.2) is 29.2 Å². The highest BCUT2D eigenvalue weighted by molar-refractivity contribution is 7.93. The third-order valence-corrected chi connectivity index (χ3v) is 7.43. The lowest BCUT2D eigenvalue weighted by Crippen LogP contribution is -2.27. The van der Waals surface area contributed by atoms with Gasteiger partial charge in [0.05, 0.1) is 33.6 Å². The summed E-state index contributed by atoms with van der Waals surface area (Å²) in [7, 11) is -4.68. The monoisotopic (exact) mass is 327 g/mol. The molecule has 0 aliphatic carbocycles. The van der Waals surface area contributed by atoms with E-state index in [0.29, 0.717) is 18.6 Å². The van der Waals surface area contributed by atoms with Crippen LogP contribution in [0.25, 0.3) is 0 Å². The van der Waals surface area contributed by atoms with Crippen molar-refractivity contribution in [2.75, 3.05) is 18.1 Å². The standard InChI is InChI=1S/C14H17NO4S2/c1-11-14(6-7-19-11)20(16)8-9-21(17,18)13-4-2-12(10-15)3-5-13/h2-5,11,14H,6-9H2,1H3. The van der Waals surface area contributed by atoms with Gasteiger partial charge in [0.15, 0.2) is 9.84 Å². The summed E-state index contributed by atoms with van der Waals surface area (Å²) in [5, 5.41) is 8.62. The van der Waals surface area contributed by atoms with E-state index in [4.69, 9.17) is 10.00 Å². The van der Waals surface area contributed by atoms with Crippen LogP contribution in [0.1, 0.15) is 18.9 Å². The molecule has 3 atom stereocenters. The summed E-state index contributed by atoms with van der Waals surface area (Å²) < 4.78 is 41.9. The highest BCUT2D eigenvalue weighted by Gasteiger charge is 2.30. The molecular formula is C14H17NO4S2. The first kappa shape index (κ1) is 16.1. The number of hydrogen-bond donors (Lipinski definition) is 0. The van der Waals surface area contributed by atoms with Crippen molar-refractivity contribution in [2.24, 2.45) is 0 Å². The predicted molar refractivity (Wildman–Crippen MR) is 80.0 cm³/mol. The Morgan fingerprint density at radius 3 is 2.57 bits per heavy atom. The van der Waals surface area contributed by atoms with Crippen molar-refractivity contribution in [3.05, 3.63) is 29.8 Å². The van der Waals surface area contributed by atoms with Crippen LogP contribution in [0.3, 0.4) is 0 Å². The van der Waals surface area contributed by atoms with Crippen molar-refractivity contribution in [1.82, 2.24) is 0 Å². The number of nitriles is 1. The largest absolute Gasteiger partial charge is 0.377 e. The van der Waals surface area contributed by atoms with E-state index in [2.05, 4.69) is 0 Å². The first-order valence-corrected chi connectivity index (χ1v) is 9.69. The molecule has 1 aliphatic rings. The van der Waals surface area contributed by atoms with E-state index in [0.717, 1.165) is 0 Å². The molecule has 1 heterocycles. The lowest BCUT2D eigenvalue weighted by molar-refractivity contribution is 0.127. The smallest absolute Gasteiger partial charge is 0.179 e. The highest BCUT2D eigenvalue weighted by atomic mass is 32.2. The fraction of sp³-hybridized carbons (Fsp3) is 0.500. The second-order valence-corrected chi connectivity index (χ2v) is 8.83. The fourth-order valence-electron chi connectivity index (χ4n) is 2.26. The second kappa shape index (κ2) is 6.69. The molecule has 0 bridgehead atoms. The molecule has 1 fully saturated rings. The first-order chi connectivity index (χ1) is 9.94.